The van der Waals surface area contributed by atoms with Crippen LogP contribution in [0.1, 0.15) is 19.4 Å². The molecule has 0 aliphatic rings. The standard InChI is InChI=1S/C26H21FO5S/c1-15(2)31-22-13-17(27)6-10-20(22)26-25(21-11-7-18(28)14-23(21)33-26)32-19-8-3-16(4-9-19)5-12-24(29)30/h3-15,28H,1-2H3,(H,29,30). The number of aromatic hydroxyl groups is 1. The number of phenolic OH excluding ortho intramolecular Hbond substituents is 1. The Kier molecular flexibility index (Phi) is 6.33. The molecule has 0 fully saturated rings. The summed E-state index contributed by atoms with van der Waals surface area (Å²) < 4.78 is 26.9. The molecular weight excluding hydrogens is 443 g/mol. The van der Waals surface area contributed by atoms with Crippen molar-refractivity contribution in [1.29, 1.82) is 0 Å². The van der Waals surface area contributed by atoms with Gasteiger partial charge in [-0.25, -0.2) is 9.18 Å². The highest BCUT2D eigenvalue weighted by Gasteiger charge is 2.21. The summed E-state index contributed by atoms with van der Waals surface area (Å²) in [4.78, 5) is 11.5. The molecule has 0 spiro atoms. The summed E-state index contributed by atoms with van der Waals surface area (Å²) in [5.41, 5.74) is 1.40. The zero-order valence-corrected chi connectivity index (χ0v) is 18.7. The monoisotopic (exact) mass is 464 g/mol. The van der Waals surface area contributed by atoms with E-state index >= 15 is 0 Å². The van der Waals surface area contributed by atoms with Crippen molar-refractivity contribution in [3.63, 3.8) is 0 Å². The van der Waals surface area contributed by atoms with E-state index in [2.05, 4.69) is 0 Å². The Balaban J connectivity index is 1.80. The Hall–Kier alpha value is -3.84. The molecule has 0 amide bonds. The van der Waals surface area contributed by atoms with Crippen molar-refractivity contribution in [2.24, 2.45) is 0 Å². The van der Waals surface area contributed by atoms with Gasteiger partial charge < -0.3 is 19.7 Å². The minimum Gasteiger partial charge on any atom is -0.508 e. The van der Waals surface area contributed by atoms with Crippen molar-refractivity contribution in [1.82, 2.24) is 0 Å². The van der Waals surface area contributed by atoms with E-state index in [4.69, 9.17) is 14.6 Å². The maximum absolute atomic E-state index is 14.0. The van der Waals surface area contributed by atoms with Crippen molar-refractivity contribution in [3.05, 3.63) is 78.1 Å². The van der Waals surface area contributed by atoms with E-state index in [1.807, 2.05) is 13.8 Å². The average Bonchev–Trinajstić information content (AvgIpc) is 3.10. The molecule has 0 atom stereocenters. The van der Waals surface area contributed by atoms with Gasteiger partial charge in [-0.1, -0.05) is 12.1 Å². The van der Waals surface area contributed by atoms with Crippen molar-refractivity contribution in [2.75, 3.05) is 0 Å². The third-order valence-electron chi connectivity index (χ3n) is 4.70. The lowest BCUT2D eigenvalue weighted by Gasteiger charge is -2.15. The number of halogens is 1. The lowest BCUT2D eigenvalue weighted by molar-refractivity contribution is -0.131. The van der Waals surface area contributed by atoms with Gasteiger partial charge in [-0.05, 0) is 68.0 Å². The molecule has 168 valence electrons. The molecular formula is C26H21FO5S. The van der Waals surface area contributed by atoms with Crippen molar-refractivity contribution < 1.29 is 28.9 Å². The van der Waals surface area contributed by atoms with Crippen LogP contribution >= 0.6 is 11.3 Å². The van der Waals surface area contributed by atoms with Gasteiger partial charge in [0.15, 0.2) is 5.75 Å². The summed E-state index contributed by atoms with van der Waals surface area (Å²) in [7, 11) is 0. The van der Waals surface area contributed by atoms with E-state index in [-0.39, 0.29) is 11.9 Å². The number of carbonyl (C=O) groups is 1. The molecule has 1 heterocycles. The summed E-state index contributed by atoms with van der Waals surface area (Å²) in [5, 5.41) is 19.5. The number of rotatable bonds is 7. The van der Waals surface area contributed by atoms with Crippen LogP contribution in [0.3, 0.4) is 0 Å². The largest absolute Gasteiger partial charge is 0.508 e. The minimum absolute atomic E-state index is 0.134. The minimum atomic E-state index is -1.02. The number of carboxylic acid groups (broad SMARTS) is 1. The van der Waals surface area contributed by atoms with Gasteiger partial charge in [0, 0.05) is 27.8 Å². The summed E-state index contributed by atoms with van der Waals surface area (Å²) in [6.45, 7) is 3.74. The maximum atomic E-state index is 14.0. The molecule has 33 heavy (non-hydrogen) atoms. The smallest absolute Gasteiger partial charge is 0.328 e. The van der Waals surface area contributed by atoms with Crippen LogP contribution in [0.25, 0.3) is 26.6 Å². The normalized spacial score (nSPS) is 11.4. The van der Waals surface area contributed by atoms with Crippen LogP contribution in [0.2, 0.25) is 0 Å². The van der Waals surface area contributed by atoms with E-state index in [9.17, 15) is 14.3 Å². The summed E-state index contributed by atoms with van der Waals surface area (Å²) in [5.74, 6) is 0.218. The molecule has 2 N–H and O–H groups in total. The number of phenols is 1. The highest BCUT2D eigenvalue weighted by molar-refractivity contribution is 7.22. The van der Waals surface area contributed by atoms with Crippen molar-refractivity contribution in [3.8, 4) is 33.4 Å². The summed E-state index contributed by atoms with van der Waals surface area (Å²) in [6.07, 6.45) is 2.41. The molecule has 0 bridgehead atoms. The molecule has 0 aliphatic heterocycles. The first-order valence-corrected chi connectivity index (χ1v) is 11.0. The molecule has 5 nitrogen and oxygen atoms in total. The molecule has 4 aromatic rings. The molecule has 0 saturated heterocycles. The third kappa shape index (κ3) is 5.15. The van der Waals surface area contributed by atoms with Crippen LogP contribution < -0.4 is 9.47 Å². The van der Waals surface area contributed by atoms with Gasteiger partial charge in [0.05, 0.1) is 11.0 Å². The molecule has 7 heteroatoms. The van der Waals surface area contributed by atoms with Crippen LogP contribution in [-0.2, 0) is 4.79 Å². The summed E-state index contributed by atoms with van der Waals surface area (Å²) >= 11 is 1.41. The van der Waals surface area contributed by atoms with E-state index in [0.29, 0.717) is 22.8 Å². The zero-order valence-electron chi connectivity index (χ0n) is 17.9. The zero-order chi connectivity index (χ0) is 23.5. The van der Waals surface area contributed by atoms with Crippen molar-refractivity contribution in [2.45, 2.75) is 20.0 Å². The predicted octanol–water partition coefficient (Wildman–Crippen LogP) is 7.09. The first-order valence-electron chi connectivity index (χ1n) is 10.2. The average molecular weight is 465 g/mol. The first-order chi connectivity index (χ1) is 15.8. The first kappa shape index (κ1) is 22.4. The number of ether oxygens (including phenoxy) is 2. The highest BCUT2D eigenvalue weighted by Crippen LogP contribution is 2.49. The van der Waals surface area contributed by atoms with Crippen molar-refractivity contribution >= 4 is 33.5 Å². The molecule has 1 aromatic heterocycles. The van der Waals surface area contributed by atoms with Crippen LogP contribution in [0.15, 0.2) is 66.7 Å². The molecule has 0 unspecified atom stereocenters. The second-order valence-corrected chi connectivity index (χ2v) is 8.64. The van der Waals surface area contributed by atoms with E-state index in [1.165, 1.54) is 29.5 Å². The maximum Gasteiger partial charge on any atom is 0.328 e. The van der Waals surface area contributed by atoms with Gasteiger partial charge in [0.2, 0.25) is 0 Å². The number of aliphatic carboxylic acids is 1. The third-order valence-corrected chi connectivity index (χ3v) is 5.86. The molecule has 0 saturated carbocycles. The van der Waals surface area contributed by atoms with Gasteiger partial charge in [0.1, 0.15) is 23.1 Å². The Morgan fingerprint density at radius 1 is 1.06 bits per heavy atom. The Bertz CT molecular complexity index is 1340. The van der Waals surface area contributed by atoms with Crippen LogP contribution in [0.4, 0.5) is 4.39 Å². The predicted molar refractivity (Wildman–Crippen MR) is 128 cm³/mol. The van der Waals surface area contributed by atoms with Gasteiger partial charge in [-0.2, -0.15) is 0 Å². The topological polar surface area (TPSA) is 76.0 Å². The molecule has 0 aliphatic carbocycles. The number of benzene rings is 3. The molecule has 4 rings (SSSR count). The van der Waals surface area contributed by atoms with Gasteiger partial charge >= 0.3 is 5.97 Å². The Morgan fingerprint density at radius 3 is 2.52 bits per heavy atom. The number of thiophene rings is 1. The fourth-order valence-corrected chi connectivity index (χ4v) is 4.50. The number of carboxylic acids is 1. The second kappa shape index (κ2) is 9.34. The lowest BCUT2D eigenvalue weighted by Crippen LogP contribution is -2.06. The second-order valence-electron chi connectivity index (χ2n) is 7.59. The van der Waals surface area contributed by atoms with E-state index < -0.39 is 11.8 Å². The summed E-state index contributed by atoms with van der Waals surface area (Å²) in [6, 6.07) is 16.4. The SMILES string of the molecule is CC(C)Oc1cc(F)ccc1-c1sc2cc(O)ccc2c1Oc1ccc(C=CC(=O)O)cc1. The van der Waals surface area contributed by atoms with Gasteiger partial charge in [0.25, 0.3) is 0 Å². The van der Waals surface area contributed by atoms with Crippen LogP contribution in [-0.4, -0.2) is 22.3 Å². The van der Waals surface area contributed by atoms with Crippen LogP contribution in [0.5, 0.6) is 23.0 Å². The fourth-order valence-electron chi connectivity index (χ4n) is 3.31. The van der Waals surface area contributed by atoms with Gasteiger partial charge in [-0.3, -0.25) is 0 Å². The molecule has 3 aromatic carbocycles. The lowest BCUT2D eigenvalue weighted by atomic mass is 10.1. The quantitative estimate of drug-likeness (QED) is 0.286. The number of fused-ring (bicyclic) bond motifs is 1. The van der Waals surface area contributed by atoms with E-state index in [1.54, 1.807) is 48.5 Å². The fraction of sp³-hybridized carbons (Fsp3) is 0.115. The number of hydrogen-bond donors (Lipinski definition) is 2. The Morgan fingerprint density at radius 2 is 1.82 bits per heavy atom. The molecule has 0 radical (unpaired) electrons. The number of hydrogen-bond acceptors (Lipinski definition) is 5. The van der Waals surface area contributed by atoms with Gasteiger partial charge in [-0.15, -0.1) is 11.3 Å². The Labute approximate surface area is 194 Å². The van der Waals surface area contributed by atoms with Crippen LogP contribution in [0, 0.1) is 5.82 Å². The highest BCUT2D eigenvalue weighted by atomic mass is 32.1. The van der Waals surface area contributed by atoms with E-state index in [0.717, 1.165) is 26.6 Å².